The Bertz CT molecular complexity index is 763. The largest absolute Gasteiger partial charge is 0.489 e. The van der Waals surface area contributed by atoms with E-state index >= 15 is 0 Å². The highest BCUT2D eigenvalue weighted by atomic mass is 35.5. The predicted octanol–water partition coefficient (Wildman–Crippen LogP) is 4.10. The fraction of sp³-hybridized carbons (Fsp3) is 0.263. The SMILES string of the molecule is O=C(O)CCC(=O)NCCc1ccc(OCc2ccc(Cl)c(Cl)c2)cc1. The Kier molecular flexibility index (Phi) is 7.75. The minimum Gasteiger partial charge on any atom is -0.489 e. The van der Waals surface area contributed by atoms with Crippen molar-refractivity contribution in [2.24, 2.45) is 0 Å². The molecule has 0 fully saturated rings. The molecule has 0 saturated heterocycles. The van der Waals surface area contributed by atoms with Crippen molar-refractivity contribution in [2.45, 2.75) is 25.9 Å². The van der Waals surface area contributed by atoms with E-state index in [-0.39, 0.29) is 18.7 Å². The molecule has 0 radical (unpaired) electrons. The maximum atomic E-state index is 11.4. The van der Waals surface area contributed by atoms with E-state index in [1.54, 1.807) is 12.1 Å². The number of hydrogen-bond acceptors (Lipinski definition) is 3. The zero-order chi connectivity index (χ0) is 18.9. The Labute approximate surface area is 161 Å². The Morgan fingerprint density at radius 1 is 0.962 bits per heavy atom. The van der Waals surface area contributed by atoms with Gasteiger partial charge in [0.15, 0.2) is 0 Å². The topological polar surface area (TPSA) is 75.6 Å². The lowest BCUT2D eigenvalue weighted by molar-refractivity contribution is -0.138. The molecule has 2 aromatic carbocycles. The van der Waals surface area contributed by atoms with E-state index in [0.717, 1.165) is 16.9 Å². The molecule has 0 bridgehead atoms. The van der Waals surface area contributed by atoms with Gasteiger partial charge in [-0.25, -0.2) is 0 Å². The molecule has 0 atom stereocenters. The minimum atomic E-state index is -0.975. The second-order valence-corrected chi connectivity index (χ2v) is 6.49. The molecular weight excluding hydrogens is 377 g/mol. The van der Waals surface area contributed by atoms with E-state index in [9.17, 15) is 9.59 Å². The molecule has 2 rings (SSSR count). The number of rotatable bonds is 9. The number of amides is 1. The van der Waals surface area contributed by atoms with E-state index in [0.29, 0.717) is 29.6 Å². The van der Waals surface area contributed by atoms with Gasteiger partial charge < -0.3 is 15.2 Å². The zero-order valence-electron chi connectivity index (χ0n) is 14.0. The number of aliphatic carboxylic acids is 1. The minimum absolute atomic E-state index is 0.00315. The molecule has 0 aromatic heterocycles. The van der Waals surface area contributed by atoms with Crippen molar-refractivity contribution >= 4 is 35.1 Å². The molecule has 1 amide bonds. The van der Waals surface area contributed by atoms with Crippen molar-refractivity contribution in [1.82, 2.24) is 5.32 Å². The van der Waals surface area contributed by atoms with Gasteiger partial charge in [0.1, 0.15) is 12.4 Å². The van der Waals surface area contributed by atoms with Crippen LogP contribution in [0.3, 0.4) is 0 Å². The number of nitrogens with one attached hydrogen (secondary N) is 1. The molecule has 2 aromatic rings. The van der Waals surface area contributed by atoms with Crippen LogP contribution in [0.5, 0.6) is 5.75 Å². The first-order valence-corrected chi connectivity index (χ1v) is 8.84. The number of carboxylic acid groups (broad SMARTS) is 1. The van der Waals surface area contributed by atoms with Crippen molar-refractivity contribution in [2.75, 3.05) is 6.54 Å². The van der Waals surface area contributed by atoms with Crippen molar-refractivity contribution in [3.8, 4) is 5.75 Å². The van der Waals surface area contributed by atoms with Crippen LogP contribution < -0.4 is 10.1 Å². The number of carbonyl (C=O) groups excluding carboxylic acids is 1. The molecule has 0 aliphatic heterocycles. The highest BCUT2D eigenvalue weighted by molar-refractivity contribution is 6.42. The lowest BCUT2D eigenvalue weighted by atomic mass is 10.1. The van der Waals surface area contributed by atoms with Crippen LogP contribution in [0.15, 0.2) is 42.5 Å². The first-order chi connectivity index (χ1) is 12.4. The van der Waals surface area contributed by atoms with Gasteiger partial charge in [0.25, 0.3) is 0 Å². The Morgan fingerprint density at radius 3 is 2.31 bits per heavy atom. The number of halogens is 2. The lowest BCUT2D eigenvalue weighted by Crippen LogP contribution is -2.25. The Balaban J connectivity index is 1.74. The summed E-state index contributed by atoms with van der Waals surface area (Å²) in [6.07, 6.45) is 0.499. The van der Waals surface area contributed by atoms with Crippen molar-refractivity contribution in [1.29, 1.82) is 0 Å². The molecule has 0 aliphatic carbocycles. The molecular formula is C19H19Cl2NO4. The second-order valence-electron chi connectivity index (χ2n) is 5.67. The number of ether oxygens (including phenoxy) is 1. The van der Waals surface area contributed by atoms with Gasteiger partial charge in [0.05, 0.1) is 16.5 Å². The van der Waals surface area contributed by atoms with Crippen LogP contribution >= 0.6 is 23.2 Å². The summed E-state index contributed by atoms with van der Waals surface area (Å²) in [5, 5.41) is 12.2. The first kappa shape index (κ1) is 20.1. The molecule has 0 saturated carbocycles. The van der Waals surface area contributed by atoms with Crippen LogP contribution in [0, 0.1) is 0 Å². The maximum Gasteiger partial charge on any atom is 0.303 e. The van der Waals surface area contributed by atoms with Gasteiger partial charge in [-0.2, -0.15) is 0 Å². The molecule has 138 valence electrons. The van der Waals surface area contributed by atoms with Gasteiger partial charge >= 0.3 is 5.97 Å². The van der Waals surface area contributed by atoms with Crippen molar-refractivity contribution in [3.05, 3.63) is 63.6 Å². The van der Waals surface area contributed by atoms with E-state index in [1.807, 2.05) is 30.3 Å². The predicted molar refractivity (Wildman–Crippen MR) is 101 cm³/mol. The number of carbonyl (C=O) groups is 2. The molecule has 7 heteroatoms. The third-order valence-corrected chi connectivity index (χ3v) is 4.35. The van der Waals surface area contributed by atoms with Crippen LogP contribution in [0.2, 0.25) is 10.0 Å². The van der Waals surface area contributed by atoms with E-state index in [2.05, 4.69) is 5.32 Å². The third kappa shape index (κ3) is 6.94. The van der Waals surface area contributed by atoms with E-state index in [1.165, 1.54) is 0 Å². The summed E-state index contributed by atoms with van der Waals surface area (Å²) in [6, 6.07) is 12.9. The van der Waals surface area contributed by atoms with Gasteiger partial charge in [-0.3, -0.25) is 9.59 Å². The summed E-state index contributed by atoms with van der Waals surface area (Å²) in [4.78, 5) is 21.8. The number of benzene rings is 2. The van der Waals surface area contributed by atoms with Crippen LogP contribution in [-0.4, -0.2) is 23.5 Å². The quantitative estimate of drug-likeness (QED) is 0.669. The fourth-order valence-electron chi connectivity index (χ4n) is 2.20. The summed E-state index contributed by atoms with van der Waals surface area (Å²) >= 11 is 11.9. The molecule has 2 N–H and O–H groups in total. The van der Waals surface area contributed by atoms with Gasteiger partial charge in [-0.15, -0.1) is 0 Å². The molecule has 26 heavy (non-hydrogen) atoms. The monoisotopic (exact) mass is 395 g/mol. The fourth-order valence-corrected chi connectivity index (χ4v) is 2.52. The molecule has 0 heterocycles. The summed E-state index contributed by atoms with van der Waals surface area (Å²) in [6.45, 7) is 0.845. The van der Waals surface area contributed by atoms with Gasteiger partial charge in [0, 0.05) is 13.0 Å². The zero-order valence-corrected chi connectivity index (χ0v) is 15.5. The summed E-state index contributed by atoms with van der Waals surface area (Å²) in [5.41, 5.74) is 1.97. The maximum absolute atomic E-state index is 11.4. The smallest absolute Gasteiger partial charge is 0.303 e. The number of hydrogen-bond donors (Lipinski definition) is 2. The molecule has 0 spiro atoms. The first-order valence-electron chi connectivity index (χ1n) is 8.08. The van der Waals surface area contributed by atoms with Crippen LogP contribution in [0.4, 0.5) is 0 Å². The molecule has 0 aliphatic rings. The van der Waals surface area contributed by atoms with Crippen molar-refractivity contribution < 1.29 is 19.4 Å². The van der Waals surface area contributed by atoms with Crippen molar-refractivity contribution in [3.63, 3.8) is 0 Å². The average Bonchev–Trinajstić information content (AvgIpc) is 2.62. The summed E-state index contributed by atoms with van der Waals surface area (Å²) < 4.78 is 5.71. The highest BCUT2D eigenvalue weighted by Gasteiger charge is 2.05. The van der Waals surface area contributed by atoms with Gasteiger partial charge in [-0.05, 0) is 41.8 Å². The van der Waals surface area contributed by atoms with Crippen LogP contribution in [0.1, 0.15) is 24.0 Å². The summed E-state index contributed by atoms with van der Waals surface area (Å²) in [5.74, 6) is -0.504. The average molecular weight is 396 g/mol. The lowest BCUT2D eigenvalue weighted by Gasteiger charge is -2.09. The second kappa shape index (κ2) is 10.0. The Morgan fingerprint density at radius 2 is 1.65 bits per heavy atom. The standard InChI is InChI=1S/C19H19Cl2NO4/c20-16-6-3-14(11-17(16)21)12-26-15-4-1-13(2-5-15)9-10-22-18(23)7-8-19(24)25/h1-6,11H,7-10,12H2,(H,22,23)(H,24,25). The number of carboxylic acids is 1. The normalized spacial score (nSPS) is 10.4. The molecule has 0 unspecified atom stereocenters. The van der Waals surface area contributed by atoms with Crippen LogP contribution in [0.25, 0.3) is 0 Å². The highest BCUT2D eigenvalue weighted by Crippen LogP contribution is 2.23. The van der Waals surface area contributed by atoms with Crippen LogP contribution in [-0.2, 0) is 22.6 Å². The van der Waals surface area contributed by atoms with Gasteiger partial charge in [0.2, 0.25) is 5.91 Å². The van der Waals surface area contributed by atoms with E-state index in [4.69, 9.17) is 33.0 Å². The molecule has 5 nitrogen and oxygen atoms in total. The van der Waals surface area contributed by atoms with Gasteiger partial charge in [-0.1, -0.05) is 41.4 Å². The van der Waals surface area contributed by atoms with E-state index < -0.39 is 5.97 Å². The third-order valence-electron chi connectivity index (χ3n) is 3.61. The summed E-state index contributed by atoms with van der Waals surface area (Å²) in [7, 11) is 0. The Hall–Kier alpha value is -2.24.